The maximum Gasteiger partial charge on any atom is 0.337 e. The van der Waals surface area contributed by atoms with Gasteiger partial charge in [0.1, 0.15) is 5.70 Å². The highest BCUT2D eigenvalue weighted by Gasteiger charge is 2.36. The summed E-state index contributed by atoms with van der Waals surface area (Å²) in [5.74, 6) is -1.10. The van der Waals surface area contributed by atoms with Gasteiger partial charge >= 0.3 is 5.97 Å². The van der Waals surface area contributed by atoms with E-state index < -0.39 is 11.9 Å². The standard InChI is InChI=1S/C18H20BrN3O5/c1-10(24)22-4-3-11-7-12(19)8-14(16(11)22)20-15-13(18(26)27-2)9-21(5-6-23)17(15)25/h7-8,20,23H,3-6,9H2,1-2H3. The molecule has 1 aromatic carbocycles. The minimum atomic E-state index is -0.610. The van der Waals surface area contributed by atoms with Crippen molar-refractivity contribution in [3.05, 3.63) is 33.4 Å². The number of halogens is 1. The molecule has 1 aromatic rings. The molecule has 2 aliphatic heterocycles. The predicted molar refractivity (Wildman–Crippen MR) is 102 cm³/mol. The molecule has 0 saturated carbocycles. The van der Waals surface area contributed by atoms with Crippen LogP contribution in [0.15, 0.2) is 27.9 Å². The van der Waals surface area contributed by atoms with Crippen molar-refractivity contribution >= 4 is 45.1 Å². The molecule has 2 heterocycles. The number of ether oxygens (including phenoxy) is 1. The van der Waals surface area contributed by atoms with Crippen LogP contribution in [0.5, 0.6) is 0 Å². The van der Waals surface area contributed by atoms with Crippen LogP contribution in [0.1, 0.15) is 12.5 Å². The molecule has 0 spiro atoms. The Hall–Kier alpha value is -2.39. The molecule has 2 aliphatic rings. The first kappa shape index (κ1) is 19.4. The molecule has 0 atom stereocenters. The molecule has 9 heteroatoms. The highest BCUT2D eigenvalue weighted by molar-refractivity contribution is 9.10. The SMILES string of the molecule is COC(=O)C1=C(Nc2cc(Br)cc3c2N(C(C)=O)CC3)C(=O)N(CCO)C1. The maximum absolute atomic E-state index is 12.7. The number of carbonyl (C=O) groups is 3. The summed E-state index contributed by atoms with van der Waals surface area (Å²) in [6, 6.07) is 3.71. The zero-order valence-electron chi connectivity index (χ0n) is 15.0. The van der Waals surface area contributed by atoms with Crippen LogP contribution < -0.4 is 10.2 Å². The number of rotatable bonds is 5. The van der Waals surface area contributed by atoms with E-state index in [1.54, 1.807) is 11.0 Å². The summed E-state index contributed by atoms with van der Waals surface area (Å²) in [7, 11) is 1.25. The molecule has 0 unspecified atom stereocenters. The highest BCUT2D eigenvalue weighted by atomic mass is 79.9. The minimum Gasteiger partial charge on any atom is -0.466 e. The van der Waals surface area contributed by atoms with Crippen molar-refractivity contribution in [3.8, 4) is 0 Å². The Morgan fingerprint density at radius 2 is 2.11 bits per heavy atom. The lowest BCUT2D eigenvalue weighted by Crippen LogP contribution is -2.31. The van der Waals surface area contributed by atoms with Gasteiger partial charge in [-0.05, 0) is 24.1 Å². The number of amides is 2. The highest BCUT2D eigenvalue weighted by Crippen LogP contribution is 2.39. The van der Waals surface area contributed by atoms with Crippen LogP contribution in [0.2, 0.25) is 0 Å². The minimum absolute atomic E-state index is 0.0566. The molecule has 27 heavy (non-hydrogen) atoms. The molecule has 3 rings (SSSR count). The van der Waals surface area contributed by atoms with Crippen molar-refractivity contribution in [3.63, 3.8) is 0 Å². The number of aliphatic hydroxyl groups excluding tert-OH is 1. The van der Waals surface area contributed by atoms with Crippen LogP contribution in [-0.4, -0.2) is 61.1 Å². The number of fused-ring (bicyclic) bond motifs is 1. The van der Waals surface area contributed by atoms with Gasteiger partial charge in [-0.2, -0.15) is 0 Å². The van der Waals surface area contributed by atoms with E-state index in [1.807, 2.05) is 6.07 Å². The number of nitrogens with one attached hydrogen (secondary N) is 1. The largest absolute Gasteiger partial charge is 0.466 e. The average Bonchev–Trinajstić information content (AvgIpc) is 3.18. The third kappa shape index (κ3) is 3.57. The number of nitrogens with zero attached hydrogens (tertiary/aromatic N) is 2. The number of benzene rings is 1. The van der Waals surface area contributed by atoms with Gasteiger partial charge in [-0.15, -0.1) is 0 Å². The predicted octanol–water partition coefficient (Wildman–Crippen LogP) is 1.03. The summed E-state index contributed by atoms with van der Waals surface area (Å²) >= 11 is 3.45. The van der Waals surface area contributed by atoms with E-state index in [-0.39, 0.29) is 36.9 Å². The van der Waals surface area contributed by atoms with Gasteiger partial charge < -0.3 is 25.0 Å². The lowest BCUT2D eigenvalue weighted by Gasteiger charge is -2.21. The third-order valence-electron chi connectivity index (χ3n) is 4.62. The van der Waals surface area contributed by atoms with Gasteiger partial charge in [0.15, 0.2) is 0 Å². The number of anilines is 2. The molecule has 2 N–H and O–H groups in total. The van der Waals surface area contributed by atoms with Crippen molar-refractivity contribution in [2.75, 3.05) is 43.6 Å². The van der Waals surface area contributed by atoms with Crippen molar-refractivity contribution in [2.45, 2.75) is 13.3 Å². The van der Waals surface area contributed by atoms with Crippen molar-refractivity contribution < 1.29 is 24.2 Å². The summed E-state index contributed by atoms with van der Waals surface area (Å²) in [5.41, 5.74) is 2.53. The number of aliphatic hydroxyl groups is 1. The summed E-state index contributed by atoms with van der Waals surface area (Å²) < 4.78 is 5.60. The Kier molecular flexibility index (Phi) is 5.52. The van der Waals surface area contributed by atoms with Crippen LogP contribution in [0.4, 0.5) is 11.4 Å². The molecular formula is C18H20BrN3O5. The van der Waals surface area contributed by atoms with Gasteiger partial charge in [0.2, 0.25) is 5.91 Å². The Morgan fingerprint density at radius 3 is 2.74 bits per heavy atom. The van der Waals surface area contributed by atoms with Gasteiger partial charge in [0.25, 0.3) is 5.91 Å². The number of hydrogen-bond donors (Lipinski definition) is 2. The van der Waals surface area contributed by atoms with Crippen LogP contribution in [0.25, 0.3) is 0 Å². The van der Waals surface area contributed by atoms with Crippen molar-refractivity contribution in [1.29, 1.82) is 0 Å². The summed E-state index contributed by atoms with van der Waals surface area (Å²) in [6.45, 7) is 2.01. The quantitative estimate of drug-likeness (QED) is 0.667. The maximum atomic E-state index is 12.7. The smallest absolute Gasteiger partial charge is 0.337 e. The second kappa shape index (κ2) is 7.69. The second-order valence-electron chi connectivity index (χ2n) is 6.30. The topological polar surface area (TPSA) is 99.2 Å². The van der Waals surface area contributed by atoms with Crippen molar-refractivity contribution in [2.24, 2.45) is 0 Å². The molecule has 144 valence electrons. The lowest BCUT2D eigenvalue weighted by molar-refractivity contribution is -0.136. The first-order valence-corrected chi connectivity index (χ1v) is 9.25. The van der Waals surface area contributed by atoms with E-state index in [4.69, 9.17) is 9.84 Å². The molecule has 0 saturated heterocycles. The first-order chi connectivity index (χ1) is 12.9. The number of β-amino-alcohol motifs (C(OH)–C–C–N with tert-alkyl or cyclic N) is 1. The Bertz CT molecular complexity index is 852. The first-order valence-electron chi connectivity index (χ1n) is 8.46. The fourth-order valence-corrected chi connectivity index (χ4v) is 3.91. The molecule has 8 nitrogen and oxygen atoms in total. The molecule has 0 radical (unpaired) electrons. The normalized spacial score (nSPS) is 16.1. The summed E-state index contributed by atoms with van der Waals surface area (Å²) in [5, 5.41) is 12.2. The van der Waals surface area contributed by atoms with E-state index >= 15 is 0 Å². The van der Waals surface area contributed by atoms with Crippen LogP contribution in [-0.2, 0) is 25.5 Å². The van der Waals surface area contributed by atoms with E-state index in [9.17, 15) is 14.4 Å². The summed E-state index contributed by atoms with van der Waals surface area (Å²) in [4.78, 5) is 39.9. The monoisotopic (exact) mass is 437 g/mol. The summed E-state index contributed by atoms with van der Waals surface area (Å²) in [6.07, 6.45) is 0.705. The molecule has 0 bridgehead atoms. The molecule has 0 fully saturated rings. The van der Waals surface area contributed by atoms with Crippen LogP contribution in [0, 0.1) is 0 Å². The van der Waals surface area contributed by atoms with E-state index in [0.717, 1.165) is 10.0 Å². The van der Waals surface area contributed by atoms with Gasteiger partial charge in [-0.25, -0.2) is 4.79 Å². The Balaban J connectivity index is 2.04. The Morgan fingerprint density at radius 1 is 1.37 bits per heavy atom. The molecule has 0 aromatic heterocycles. The average molecular weight is 438 g/mol. The number of methoxy groups -OCH3 is 1. The Labute approximate surface area is 164 Å². The third-order valence-corrected chi connectivity index (χ3v) is 5.08. The van der Waals surface area contributed by atoms with Gasteiger partial charge in [0.05, 0.1) is 37.2 Å². The fraction of sp³-hybridized carbons (Fsp3) is 0.389. The fourth-order valence-electron chi connectivity index (χ4n) is 3.40. The number of carbonyl (C=O) groups excluding carboxylic acids is 3. The molecule has 0 aliphatic carbocycles. The zero-order chi connectivity index (χ0) is 19.7. The van der Waals surface area contributed by atoms with E-state index in [0.29, 0.717) is 24.3 Å². The van der Waals surface area contributed by atoms with Gasteiger partial charge in [-0.3, -0.25) is 9.59 Å². The second-order valence-corrected chi connectivity index (χ2v) is 7.22. The molecular weight excluding hydrogens is 418 g/mol. The van der Waals surface area contributed by atoms with Gasteiger partial charge in [0, 0.05) is 24.5 Å². The number of esters is 1. The van der Waals surface area contributed by atoms with Crippen LogP contribution in [0.3, 0.4) is 0 Å². The van der Waals surface area contributed by atoms with Crippen molar-refractivity contribution in [1.82, 2.24) is 4.90 Å². The van der Waals surface area contributed by atoms with Gasteiger partial charge in [-0.1, -0.05) is 15.9 Å². The van der Waals surface area contributed by atoms with E-state index in [1.165, 1.54) is 18.9 Å². The number of hydrogen-bond acceptors (Lipinski definition) is 6. The van der Waals surface area contributed by atoms with Crippen LogP contribution >= 0.6 is 15.9 Å². The molecule has 2 amide bonds. The lowest BCUT2D eigenvalue weighted by atomic mass is 10.1. The van der Waals surface area contributed by atoms with E-state index in [2.05, 4.69) is 21.2 Å². The zero-order valence-corrected chi connectivity index (χ0v) is 16.6.